The summed E-state index contributed by atoms with van der Waals surface area (Å²) in [6.07, 6.45) is 1.90. The molecular weight excluding hydrogens is 436 g/mol. The molecule has 0 bridgehead atoms. The minimum Gasteiger partial charge on any atom is -0.467 e. The molecule has 1 saturated heterocycles. The molecule has 170 valence electrons. The number of benzene rings is 2. The van der Waals surface area contributed by atoms with Gasteiger partial charge in [0, 0.05) is 35.2 Å². The Morgan fingerprint density at radius 2 is 1.94 bits per heavy atom. The molecule has 1 fully saturated rings. The first kappa shape index (κ1) is 20.2. The number of nitrogens with one attached hydrogen (secondary N) is 1. The van der Waals surface area contributed by atoms with Gasteiger partial charge in [-0.1, -0.05) is 30.3 Å². The molecule has 0 unspecified atom stereocenters. The number of non-ortho nitro benzene ring substituents is 1. The second-order valence-electron chi connectivity index (χ2n) is 8.61. The highest BCUT2D eigenvalue weighted by molar-refractivity contribution is 5.97. The summed E-state index contributed by atoms with van der Waals surface area (Å²) in [5.41, 5.74) is 3.17. The van der Waals surface area contributed by atoms with Crippen LogP contribution in [0.1, 0.15) is 28.6 Å². The average molecular weight is 456 g/mol. The topological polar surface area (TPSA) is 113 Å². The smallest absolute Gasteiger partial charge is 0.269 e. The number of amides is 2. The molecule has 0 aliphatic carbocycles. The van der Waals surface area contributed by atoms with Gasteiger partial charge in [-0.25, -0.2) is 0 Å². The summed E-state index contributed by atoms with van der Waals surface area (Å²) in [5, 5.41) is 12.4. The van der Waals surface area contributed by atoms with E-state index < -0.39 is 17.0 Å². The van der Waals surface area contributed by atoms with Crippen LogP contribution in [0.2, 0.25) is 0 Å². The number of furan rings is 1. The van der Waals surface area contributed by atoms with E-state index in [0.29, 0.717) is 17.7 Å². The Hall–Kier alpha value is -4.40. The largest absolute Gasteiger partial charge is 0.467 e. The fourth-order valence-corrected chi connectivity index (χ4v) is 5.20. The number of hydrogen-bond donors (Lipinski definition) is 1. The summed E-state index contributed by atoms with van der Waals surface area (Å²) in [6.45, 7) is 0.126. The molecule has 9 nitrogen and oxygen atoms in total. The molecule has 34 heavy (non-hydrogen) atoms. The lowest BCUT2D eigenvalue weighted by Gasteiger charge is -2.46. The van der Waals surface area contributed by atoms with Crippen LogP contribution in [0.15, 0.2) is 71.3 Å². The van der Waals surface area contributed by atoms with Gasteiger partial charge in [0.1, 0.15) is 18.3 Å². The van der Waals surface area contributed by atoms with Crippen molar-refractivity contribution in [3.63, 3.8) is 0 Å². The molecule has 9 heteroatoms. The van der Waals surface area contributed by atoms with Crippen LogP contribution < -0.4 is 0 Å². The second-order valence-corrected chi connectivity index (χ2v) is 8.61. The number of para-hydroxylation sites is 1. The van der Waals surface area contributed by atoms with Gasteiger partial charge in [0.25, 0.3) is 5.69 Å². The highest BCUT2D eigenvalue weighted by Gasteiger charge is 2.48. The van der Waals surface area contributed by atoms with E-state index in [0.717, 1.165) is 22.2 Å². The normalized spacial score (nSPS) is 19.9. The molecule has 2 aliphatic rings. The molecule has 2 atom stereocenters. The Morgan fingerprint density at radius 1 is 1.09 bits per heavy atom. The van der Waals surface area contributed by atoms with E-state index in [2.05, 4.69) is 4.98 Å². The third-order valence-corrected chi connectivity index (χ3v) is 6.67. The number of H-pyrrole nitrogens is 1. The van der Waals surface area contributed by atoms with Crippen LogP contribution in [0.4, 0.5) is 5.69 Å². The third-order valence-electron chi connectivity index (χ3n) is 6.67. The lowest BCUT2D eigenvalue weighted by Crippen LogP contribution is -2.62. The molecular formula is C25H20N4O5. The summed E-state index contributed by atoms with van der Waals surface area (Å²) in [6, 6.07) is 16.2. The van der Waals surface area contributed by atoms with Crippen molar-refractivity contribution >= 4 is 28.4 Å². The van der Waals surface area contributed by atoms with Gasteiger partial charge in [-0.15, -0.1) is 0 Å². The number of nitro benzene ring substituents is 1. The van der Waals surface area contributed by atoms with E-state index in [9.17, 15) is 19.7 Å². The van der Waals surface area contributed by atoms with Crippen LogP contribution in [0.25, 0.3) is 10.9 Å². The third kappa shape index (κ3) is 3.08. The van der Waals surface area contributed by atoms with Gasteiger partial charge in [0.2, 0.25) is 11.8 Å². The van der Waals surface area contributed by atoms with Crippen molar-refractivity contribution in [3.8, 4) is 0 Å². The van der Waals surface area contributed by atoms with Crippen molar-refractivity contribution in [2.75, 3.05) is 6.54 Å². The number of carbonyl (C=O) groups is 2. The summed E-state index contributed by atoms with van der Waals surface area (Å²) in [7, 11) is 0. The predicted octanol–water partition coefficient (Wildman–Crippen LogP) is 3.55. The molecule has 2 aliphatic heterocycles. The summed E-state index contributed by atoms with van der Waals surface area (Å²) in [4.78, 5) is 44.7. The molecule has 4 aromatic rings. The minimum atomic E-state index is -0.716. The number of piperazine rings is 1. The average Bonchev–Trinajstić information content (AvgIpc) is 3.48. The van der Waals surface area contributed by atoms with Gasteiger partial charge < -0.3 is 19.2 Å². The maximum atomic E-state index is 13.6. The Kier molecular flexibility index (Phi) is 4.51. The maximum absolute atomic E-state index is 13.6. The van der Waals surface area contributed by atoms with Gasteiger partial charge in [0.05, 0.1) is 23.8 Å². The van der Waals surface area contributed by atoms with Gasteiger partial charge in [-0.3, -0.25) is 19.7 Å². The van der Waals surface area contributed by atoms with Gasteiger partial charge in [-0.2, -0.15) is 0 Å². The van der Waals surface area contributed by atoms with E-state index in [1.807, 2.05) is 24.3 Å². The standard InChI is InChI=1S/C25H20N4O5/c30-22-14-27(13-17-7-4-10-34-17)25(31)21-12-19-18-8-1-2-9-20(18)26-23(19)24(28(21)22)15-5-3-6-16(11-15)29(32)33/h1-11,21,24,26H,12-14H2/t21-,24+/m0/s1. The number of nitrogens with zero attached hydrogens (tertiary/aromatic N) is 3. The van der Waals surface area contributed by atoms with Crippen LogP contribution in [-0.4, -0.2) is 44.1 Å². The Labute approximate surface area is 193 Å². The van der Waals surface area contributed by atoms with Crippen molar-refractivity contribution in [1.29, 1.82) is 0 Å². The molecule has 2 amide bonds. The van der Waals surface area contributed by atoms with Crippen molar-refractivity contribution in [2.45, 2.75) is 25.0 Å². The van der Waals surface area contributed by atoms with Crippen molar-refractivity contribution in [3.05, 3.63) is 99.6 Å². The summed E-state index contributed by atoms with van der Waals surface area (Å²) in [5.74, 6) is 0.229. The molecule has 0 spiro atoms. The van der Waals surface area contributed by atoms with Gasteiger partial charge >= 0.3 is 0 Å². The number of carbonyl (C=O) groups excluding carboxylic acids is 2. The zero-order valence-electron chi connectivity index (χ0n) is 18.0. The summed E-state index contributed by atoms with van der Waals surface area (Å²) >= 11 is 0. The minimum absolute atomic E-state index is 0.0625. The van der Waals surface area contributed by atoms with Crippen molar-refractivity contribution in [1.82, 2.24) is 14.8 Å². The number of nitro groups is 1. The first-order chi connectivity index (χ1) is 16.5. The zero-order valence-corrected chi connectivity index (χ0v) is 18.0. The van der Waals surface area contributed by atoms with Crippen LogP contribution in [-0.2, 0) is 22.6 Å². The van der Waals surface area contributed by atoms with Crippen LogP contribution >= 0.6 is 0 Å². The fourth-order valence-electron chi connectivity index (χ4n) is 5.20. The molecule has 4 heterocycles. The van der Waals surface area contributed by atoms with Crippen LogP contribution in [0.3, 0.4) is 0 Å². The highest BCUT2D eigenvalue weighted by atomic mass is 16.6. The van der Waals surface area contributed by atoms with E-state index in [1.54, 1.807) is 29.2 Å². The maximum Gasteiger partial charge on any atom is 0.269 e. The van der Waals surface area contributed by atoms with Crippen LogP contribution in [0, 0.1) is 10.1 Å². The zero-order chi connectivity index (χ0) is 23.4. The second kappa shape index (κ2) is 7.58. The number of rotatable bonds is 4. The van der Waals surface area contributed by atoms with E-state index >= 15 is 0 Å². The monoisotopic (exact) mass is 456 g/mol. The lowest BCUT2D eigenvalue weighted by atomic mass is 9.86. The molecule has 6 rings (SSSR count). The van der Waals surface area contributed by atoms with E-state index in [1.165, 1.54) is 23.3 Å². The number of aromatic amines is 1. The Morgan fingerprint density at radius 3 is 2.74 bits per heavy atom. The molecule has 2 aromatic heterocycles. The van der Waals surface area contributed by atoms with Gasteiger partial charge in [-0.05, 0) is 29.3 Å². The molecule has 1 N–H and O–H groups in total. The fraction of sp³-hybridized carbons (Fsp3) is 0.200. The van der Waals surface area contributed by atoms with Crippen molar-refractivity contribution < 1.29 is 18.9 Å². The van der Waals surface area contributed by atoms with E-state index in [4.69, 9.17) is 4.42 Å². The Bertz CT molecular complexity index is 1440. The SMILES string of the molecule is O=C1[C@@H]2Cc3c([nH]c4ccccc34)[C@@H](c3cccc([N+](=O)[O-])c3)N2C(=O)CN1Cc1ccco1. The van der Waals surface area contributed by atoms with E-state index in [-0.39, 0.29) is 30.6 Å². The quantitative estimate of drug-likeness (QED) is 0.373. The number of aromatic nitrogens is 1. The Balaban J connectivity index is 1.49. The highest BCUT2D eigenvalue weighted by Crippen LogP contribution is 2.43. The molecule has 0 saturated carbocycles. The van der Waals surface area contributed by atoms with Gasteiger partial charge in [0.15, 0.2) is 0 Å². The molecule has 2 aromatic carbocycles. The first-order valence-electron chi connectivity index (χ1n) is 11.0. The molecule has 0 radical (unpaired) electrons. The summed E-state index contributed by atoms with van der Waals surface area (Å²) < 4.78 is 5.40. The first-order valence-corrected chi connectivity index (χ1v) is 11.0. The van der Waals surface area contributed by atoms with Crippen LogP contribution in [0.5, 0.6) is 0 Å². The number of hydrogen-bond acceptors (Lipinski definition) is 5. The van der Waals surface area contributed by atoms with Crippen molar-refractivity contribution in [2.24, 2.45) is 0 Å². The predicted molar refractivity (Wildman–Crippen MR) is 122 cm³/mol. The lowest BCUT2D eigenvalue weighted by molar-refractivity contribution is -0.384. The number of fused-ring (bicyclic) bond motifs is 4.